The number of benzene rings is 1. The summed E-state index contributed by atoms with van der Waals surface area (Å²) in [4.78, 5) is 6.97. The number of piperidine rings is 1. The molecule has 0 amide bonds. The van der Waals surface area contributed by atoms with Crippen LogP contribution in [-0.2, 0) is 6.54 Å². The molecule has 1 aliphatic heterocycles. The highest BCUT2D eigenvalue weighted by Crippen LogP contribution is 2.23. The van der Waals surface area contributed by atoms with Gasteiger partial charge < -0.3 is 10.2 Å². The third kappa shape index (κ3) is 2.65. The van der Waals surface area contributed by atoms with Crippen molar-refractivity contribution in [3.8, 4) is 0 Å². The highest BCUT2D eigenvalue weighted by atomic mass is 16.3. The van der Waals surface area contributed by atoms with E-state index in [2.05, 4.69) is 16.8 Å². The first kappa shape index (κ1) is 12.6. The molecule has 1 aromatic heterocycles. The minimum Gasteiger partial charge on any atom is -0.439 e. The SMILES string of the molecule is CC(N)C1CCCCN1Cc1nc2ccccc2o1. The maximum Gasteiger partial charge on any atom is 0.209 e. The Morgan fingerprint density at radius 2 is 2.26 bits per heavy atom. The lowest BCUT2D eigenvalue weighted by Gasteiger charge is -2.37. The predicted octanol–water partition coefficient (Wildman–Crippen LogP) is 2.53. The average molecular weight is 259 g/mol. The minimum absolute atomic E-state index is 0.199. The zero-order valence-corrected chi connectivity index (χ0v) is 11.4. The molecule has 1 saturated heterocycles. The number of oxazole rings is 1. The van der Waals surface area contributed by atoms with Crippen molar-refractivity contribution in [3.05, 3.63) is 30.2 Å². The predicted molar refractivity (Wildman–Crippen MR) is 75.7 cm³/mol. The second kappa shape index (κ2) is 5.31. The molecule has 2 aromatic rings. The van der Waals surface area contributed by atoms with Crippen LogP contribution in [0.1, 0.15) is 32.1 Å². The van der Waals surface area contributed by atoms with Crippen LogP contribution in [0.25, 0.3) is 11.1 Å². The molecule has 4 heteroatoms. The molecule has 2 heterocycles. The lowest BCUT2D eigenvalue weighted by atomic mass is 9.97. The molecule has 2 unspecified atom stereocenters. The summed E-state index contributed by atoms with van der Waals surface area (Å²) in [6, 6.07) is 8.56. The second-order valence-corrected chi connectivity index (χ2v) is 5.47. The standard InChI is InChI=1S/C15H21N3O/c1-11(16)13-7-4-5-9-18(13)10-15-17-12-6-2-3-8-14(12)19-15/h2-3,6,8,11,13H,4-5,7,9-10,16H2,1H3. The number of hydrogen-bond acceptors (Lipinski definition) is 4. The Balaban J connectivity index is 1.79. The van der Waals surface area contributed by atoms with E-state index in [1.54, 1.807) is 0 Å². The van der Waals surface area contributed by atoms with Crippen molar-refractivity contribution in [3.63, 3.8) is 0 Å². The van der Waals surface area contributed by atoms with E-state index in [-0.39, 0.29) is 6.04 Å². The Morgan fingerprint density at radius 1 is 1.42 bits per heavy atom. The lowest BCUT2D eigenvalue weighted by molar-refractivity contribution is 0.113. The molecule has 1 aromatic carbocycles. The van der Waals surface area contributed by atoms with Gasteiger partial charge in [0.05, 0.1) is 6.54 Å². The van der Waals surface area contributed by atoms with E-state index in [0.29, 0.717) is 6.04 Å². The normalized spacial score (nSPS) is 22.7. The van der Waals surface area contributed by atoms with Crippen LogP contribution in [0.15, 0.2) is 28.7 Å². The van der Waals surface area contributed by atoms with Crippen LogP contribution in [0.5, 0.6) is 0 Å². The Kier molecular flexibility index (Phi) is 3.53. The van der Waals surface area contributed by atoms with Gasteiger partial charge in [-0.2, -0.15) is 0 Å². The number of nitrogens with two attached hydrogens (primary N) is 1. The Labute approximate surface area is 113 Å². The zero-order chi connectivity index (χ0) is 13.2. The first-order chi connectivity index (χ1) is 9.24. The molecule has 3 rings (SSSR count). The number of rotatable bonds is 3. The molecule has 2 N–H and O–H groups in total. The average Bonchev–Trinajstić information content (AvgIpc) is 2.81. The van der Waals surface area contributed by atoms with Gasteiger partial charge >= 0.3 is 0 Å². The van der Waals surface area contributed by atoms with E-state index in [1.165, 1.54) is 19.3 Å². The van der Waals surface area contributed by atoms with Gasteiger partial charge in [-0.1, -0.05) is 18.6 Å². The summed E-state index contributed by atoms with van der Waals surface area (Å²) in [5.74, 6) is 0.800. The number of fused-ring (bicyclic) bond motifs is 1. The van der Waals surface area contributed by atoms with Crippen LogP contribution in [0.2, 0.25) is 0 Å². The van der Waals surface area contributed by atoms with Crippen molar-refractivity contribution in [1.29, 1.82) is 0 Å². The van der Waals surface area contributed by atoms with Crippen LogP contribution in [0, 0.1) is 0 Å². The van der Waals surface area contributed by atoms with Crippen molar-refractivity contribution in [1.82, 2.24) is 9.88 Å². The van der Waals surface area contributed by atoms with Crippen molar-refractivity contribution in [2.24, 2.45) is 5.73 Å². The van der Waals surface area contributed by atoms with Crippen molar-refractivity contribution in [2.45, 2.75) is 44.8 Å². The van der Waals surface area contributed by atoms with Crippen LogP contribution in [-0.4, -0.2) is 28.5 Å². The third-order valence-corrected chi connectivity index (χ3v) is 3.95. The minimum atomic E-state index is 0.199. The maximum atomic E-state index is 6.09. The number of likely N-dealkylation sites (tertiary alicyclic amines) is 1. The van der Waals surface area contributed by atoms with Crippen LogP contribution >= 0.6 is 0 Å². The van der Waals surface area contributed by atoms with Crippen LogP contribution < -0.4 is 5.73 Å². The highest BCUT2D eigenvalue weighted by molar-refractivity contribution is 5.72. The second-order valence-electron chi connectivity index (χ2n) is 5.47. The smallest absolute Gasteiger partial charge is 0.209 e. The highest BCUT2D eigenvalue weighted by Gasteiger charge is 2.26. The van der Waals surface area contributed by atoms with Gasteiger partial charge in [-0.05, 0) is 38.4 Å². The van der Waals surface area contributed by atoms with E-state index < -0.39 is 0 Å². The summed E-state index contributed by atoms with van der Waals surface area (Å²) in [5, 5.41) is 0. The molecule has 1 aliphatic rings. The zero-order valence-electron chi connectivity index (χ0n) is 11.4. The molecule has 0 bridgehead atoms. The molecule has 19 heavy (non-hydrogen) atoms. The Bertz CT molecular complexity index is 516. The largest absolute Gasteiger partial charge is 0.439 e. The first-order valence-electron chi connectivity index (χ1n) is 7.08. The van der Waals surface area contributed by atoms with Crippen LogP contribution in [0.4, 0.5) is 0 Å². The van der Waals surface area contributed by atoms with E-state index in [1.807, 2.05) is 24.3 Å². The fraction of sp³-hybridized carbons (Fsp3) is 0.533. The summed E-state index contributed by atoms with van der Waals surface area (Å²) in [5.41, 5.74) is 7.90. The maximum absolute atomic E-state index is 6.09. The van der Waals surface area contributed by atoms with E-state index in [9.17, 15) is 0 Å². The van der Waals surface area contributed by atoms with Gasteiger partial charge in [0.2, 0.25) is 5.89 Å². The first-order valence-corrected chi connectivity index (χ1v) is 7.08. The Morgan fingerprint density at radius 3 is 3.05 bits per heavy atom. The Hall–Kier alpha value is -1.39. The van der Waals surface area contributed by atoms with Crippen molar-refractivity contribution < 1.29 is 4.42 Å². The quantitative estimate of drug-likeness (QED) is 0.920. The van der Waals surface area contributed by atoms with E-state index in [4.69, 9.17) is 10.2 Å². The van der Waals surface area contributed by atoms with E-state index in [0.717, 1.165) is 30.1 Å². The van der Waals surface area contributed by atoms with Gasteiger partial charge in [-0.3, -0.25) is 4.90 Å². The summed E-state index contributed by atoms with van der Waals surface area (Å²) in [6.45, 7) is 3.95. The molecule has 4 nitrogen and oxygen atoms in total. The molecule has 1 fully saturated rings. The molecule has 0 aliphatic carbocycles. The fourth-order valence-corrected chi connectivity index (χ4v) is 2.97. The number of para-hydroxylation sites is 2. The summed E-state index contributed by atoms with van der Waals surface area (Å²) in [6.07, 6.45) is 3.69. The topological polar surface area (TPSA) is 55.3 Å². The molecule has 0 saturated carbocycles. The monoisotopic (exact) mass is 259 g/mol. The molecular weight excluding hydrogens is 238 g/mol. The fourth-order valence-electron chi connectivity index (χ4n) is 2.97. The third-order valence-electron chi connectivity index (χ3n) is 3.95. The molecule has 102 valence electrons. The van der Waals surface area contributed by atoms with Gasteiger partial charge in [0.15, 0.2) is 5.58 Å². The summed E-state index contributed by atoms with van der Waals surface area (Å²) >= 11 is 0. The molecule has 0 radical (unpaired) electrons. The van der Waals surface area contributed by atoms with Gasteiger partial charge in [-0.15, -0.1) is 0 Å². The number of aromatic nitrogens is 1. The van der Waals surface area contributed by atoms with Crippen LogP contribution in [0.3, 0.4) is 0 Å². The van der Waals surface area contributed by atoms with Gasteiger partial charge in [0.1, 0.15) is 5.52 Å². The van der Waals surface area contributed by atoms with Gasteiger partial charge in [0, 0.05) is 12.1 Å². The van der Waals surface area contributed by atoms with E-state index >= 15 is 0 Å². The molecule has 0 spiro atoms. The summed E-state index contributed by atoms with van der Waals surface area (Å²) in [7, 11) is 0. The van der Waals surface area contributed by atoms with Crippen molar-refractivity contribution in [2.75, 3.05) is 6.54 Å². The lowest BCUT2D eigenvalue weighted by Crippen LogP contribution is -2.48. The molecule has 2 atom stereocenters. The van der Waals surface area contributed by atoms with Gasteiger partial charge in [0.25, 0.3) is 0 Å². The number of nitrogens with zero attached hydrogens (tertiary/aromatic N) is 2. The van der Waals surface area contributed by atoms with Gasteiger partial charge in [-0.25, -0.2) is 4.98 Å². The van der Waals surface area contributed by atoms with Crippen molar-refractivity contribution >= 4 is 11.1 Å². The molecular formula is C15H21N3O. The summed E-state index contributed by atoms with van der Waals surface area (Å²) < 4.78 is 5.81. The number of hydrogen-bond donors (Lipinski definition) is 1.